The zero-order chi connectivity index (χ0) is 23.6. The fourth-order valence-corrected chi connectivity index (χ4v) is 5.42. The van der Waals surface area contributed by atoms with Crippen LogP contribution in [-0.2, 0) is 20.4 Å². The molecule has 4 rings (SSSR count). The van der Waals surface area contributed by atoms with E-state index in [0.29, 0.717) is 10.9 Å². The number of nitrogens with one attached hydrogen (secondary N) is 1. The number of para-hydroxylation sites is 1. The molecular formula is C25H27N3O4S. The largest absolute Gasteiger partial charge is 0.385 e. The zero-order valence-corrected chi connectivity index (χ0v) is 19.4. The number of allylic oxidation sites excluding steroid dienone is 2. The molecule has 2 N–H and O–H groups in total. The van der Waals surface area contributed by atoms with Gasteiger partial charge < -0.3 is 15.3 Å². The van der Waals surface area contributed by atoms with Gasteiger partial charge in [-0.25, -0.2) is 12.4 Å². The molecule has 0 atom stereocenters. The van der Waals surface area contributed by atoms with Gasteiger partial charge >= 0.3 is 0 Å². The molecular weight excluding hydrogens is 438 g/mol. The summed E-state index contributed by atoms with van der Waals surface area (Å²) in [5, 5.41) is 15.2. The second-order valence-corrected chi connectivity index (χ2v) is 10.1. The number of hydrogen-bond donors (Lipinski definition) is 2. The fourth-order valence-electron chi connectivity index (χ4n) is 3.85. The zero-order valence-electron chi connectivity index (χ0n) is 18.6. The van der Waals surface area contributed by atoms with E-state index in [9.17, 15) is 18.3 Å². The smallest absolute Gasteiger partial charge is 0.268 e. The predicted molar refractivity (Wildman–Crippen MR) is 130 cm³/mol. The van der Waals surface area contributed by atoms with Crippen LogP contribution in [0.1, 0.15) is 12.1 Å². The Morgan fingerprint density at radius 1 is 1.03 bits per heavy atom. The maximum Gasteiger partial charge on any atom is 0.268 e. The Labute approximate surface area is 193 Å². The molecule has 0 aliphatic heterocycles. The van der Waals surface area contributed by atoms with E-state index >= 15 is 0 Å². The highest BCUT2D eigenvalue weighted by Gasteiger charge is 2.34. The summed E-state index contributed by atoms with van der Waals surface area (Å²) in [6.07, 6.45) is 6.08. The van der Waals surface area contributed by atoms with Gasteiger partial charge in [0.15, 0.2) is 5.78 Å². The second-order valence-electron chi connectivity index (χ2n) is 8.36. The molecule has 1 aromatic heterocycles. The van der Waals surface area contributed by atoms with E-state index in [0.717, 1.165) is 29.2 Å². The highest BCUT2D eigenvalue weighted by molar-refractivity contribution is 7.90. The molecule has 0 saturated carbocycles. The Morgan fingerprint density at radius 3 is 2.36 bits per heavy atom. The molecule has 0 radical (unpaired) electrons. The summed E-state index contributed by atoms with van der Waals surface area (Å²) < 4.78 is 28.6. The van der Waals surface area contributed by atoms with Gasteiger partial charge in [0, 0.05) is 17.6 Å². The van der Waals surface area contributed by atoms with Crippen LogP contribution >= 0.6 is 0 Å². The molecule has 0 spiro atoms. The summed E-state index contributed by atoms with van der Waals surface area (Å²) in [7, 11) is 0.00243. The molecule has 0 unspecified atom stereocenters. The third-order valence-corrected chi connectivity index (χ3v) is 7.33. The average Bonchev–Trinajstić information content (AvgIpc) is 3.20. The lowest BCUT2D eigenvalue weighted by molar-refractivity contribution is -0.110. The molecule has 8 heteroatoms. The van der Waals surface area contributed by atoms with Crippen LogP contribution in [0.2, 0.25) is 0 Å². The Kier molecular flexibility index (Phi) is 6.25. The molecule has 7 nitrogen and oxygen atoms in total. The lowest BCUT2D eigenvalue weighted by Gasteiger charge is -2.25. The SMILES string of the molecule is CN(C)CCCNc1ccc(S(=O)(=O)n2c(C3(O)C=CC(=O)C=C3)cc3ccccc32)cc1. The lowest BCUT2D eigenvalue weighted by atomic mass is 9.94. The lowest BCUT2D eigenvalue weighted by Crippen LogP contribution is -2.29. The van der Waals surface area contributed by atoms with Crippen LogP contribution in [-0.4, -0.2) is 55.4 Å². The summed E-state index contributed by atoms with van der Waals surface area (Å²) in [5.41, 5.74) is -0.297. The minimum Gasteiger partial charge on any atom is -0.385 e. The van der Waals surface area contributed by atoms with Crippen molar-refractivity contribution in [1.29, 1.82) is 0 Å². The molecule has 0 fully saturated rings. The number of hydrogen-bond acceptors (Lipinski definition) is 6. The third-order valence-electron chi connectivity index (χ3n) is 5.58. The third kappa shape index (κ3) is 4.64. The van der Waals surface area contributed by atoms with Gasteiger partial charge in [-0.15, -0.1) is 0 Å². The standard InChI is InChI=1S/C25H27N3O4S/c1-27(2)17-5-16-26-20-8-10-22(11-9-20)33(31,32)28-23-7-4-3-6-19(23)18-24(28)25(30)14-12-21(29)13-15-25/h3-4,6-15,18,26,30H,5,16-17H2,1-2H3. The number of ketones is 1. The molecule has 0 bridgehead atoms. The minimum atomic E-state index is -4.04. The van der Waals surface area contributed by atoms with Crippen LogP contribution in [0.15, 0.2) is 83.8 Å². The molecule has 33 heavy (non-hydrogen) atoms. The number of carbonyl (C=O) groups is 1. The number of aromatic nitrogens is 1. The van der Waals surface area contributed by atoms with Crippen molar-refractivity contribution >= 4 is 32.4 Å². The van der Waals surface area contributed by atoms with Crippen molar-refractivity contribution < 1.29 is 18.3 Å². The van der Waals surface area contributed by atoms with Crippen molar-refractivity contribution in [3.05, 3.63) is 84.6 Å². The number of nitrogens with zero attached hydrogens (tertiary/aromatic N) is 2. The van der Waals surface area contributed by atoms with Gasteiger partial charge in [0.25, 0.3) is 10.0 Å². The van der Waals surface area contributed by atoms with Crippen LogP contribution in [0, 0.1) is 0 Å². The first-order valence-corrected chi connectivity index (χ1v) is 12.1. The van der Waals surface area contributed by atoms with Gasteiger partial charge in [-0.1, -0.05) is 18.2 Å². The van der Waals surface area contributed by atoms with Crippen molar-refractivity contribution in [3.8, 4) is 0 Å². The molecule has 3 aromatic rings. The Hall–Kier alpha value is -3.20. The van der Waals surface area contributed by atoms with Gasteiger partial charge in [0.05, 0.1) is 16.1 Å². The van der Waals surface area contributed by atoms with E-state index in [2.05, 4.69) is 10.2 Å². The van der Waals surface area contributed by atoms with E-state index in [1.807, 2.05) is 14.1 Å². The van der Waals surface area contributed by atoms with Crippen LogP contribution in [0.25, 0.3) is 10.9 Å². The normalized spacial score (nSPS) is 15.5. The fraction of sp³-hybridized carbons (Fsp3) is 0.240. The van der Waals surface area contributed by atoms with Crippen LogP contribution < -0.4 is 5.32 Å². The highest BCUT2D eigenvalue weighted by Crippen LogP contribution is 2.35. The van der Waals surface area contributed by atoms with E-state index < -0.39 is 15.6 Å². The molecule has 2 aromatic carbocycles. The summed E-state index contributed by atoms with van der Waals surface area (Å²) in [4.78, 5) is 13.8. The van der Waals surface area contributed by atoms with Crippen molar-refractivity contribution in [2.45, 2.75) is 16.9 Å². The monoisotopic (exact) mass is 465 g/mol. The minimum absolute atomic E-state index is 0.104. The summed E-state index contributed by atoms with van der Waals surface area (Å²) in [6.45, 7) is 1.74. The van der Waals surface area contributed by atoms with Gasteiger partial charge in [-0.05, 0) is 87.8 Å². The highest BCUT2D eigenvalue weighted by atomic mass is 32.2. The molecule has 0 saturated heterocycles. The van der Waals surface area contributed by atoms with Gasteiger partial charge in [0.2, 0.25) is 0 Å². The van der Waals surface area contributed by atoms with Gasteiger partial charge in [-0.2, -0.15) is 0 Å². The topological polar surface area (TPSA) is 91.6 Å². The van der Waals surface area contributed by atoms with Crippen LogP contribution in [0.3, 0.4) is 0 Å². The predicted octanol–water partition coefficient (Wildman–Crippen LogP) is 3.12. The quantitative estimate of drug-likeness (QED) is 0.497. The number of anilines is 1. The van der Waals surface area contributed by atoms with Crippen LogP contribution in [0.5, 0.6) is 0 Å². The number of benzene rings is 2. The second kappa shape index (κ2) is 8.97. The summed E-state index contributed by atoms with van der Waals surface area (Å²) in [5.74, 6) is -0.265. The Morgan fingerprint density at radius 2 is 1.70 bits per heavy atom. The van der Waals surface area contributed by atoms with Crippen LogP contribution in [0.4, 0.5) is 5.69 Å². The molecule has 1 heterocycles. The maximum atomic E-state index is 13.7. The van der Waals surface area contributed by atoms with Crippen molar-refractivity contribution in [2.75, 3.05) is 32.5 Å². The average molecular weight is 466 g/mol. The van der Waals surface area contributed by atoms with Gasteiger partial charge in [0.1, 0.15) is 5.60 Å². The van der Waals surface area contributed by atoms with Crippen molar-refractivity contribution in [3.63, 3.8) is 0 Å². The van der Waals surface area contributed by atoms with E-state index in [-0.39, 0.29) is 16.4 Å². The van der Waals surface area contributed by atoms with Crippen molar-refractivity contribution in [1.82, 2.24) is 8.87 Å². The van der Waals surface area contributed by atoms with Gasteiger partial charge in [-0.3, -0.25) is 4.79 Å². The number of aliphatic hydroxyl groups is 1. The summed E-state index contributed by atoms with van der Waals surface area (Å²) in [6, 6.07) is 15.3. The maximum absolute atomic E-state index is 13.7. The first-order chi connectivity index (χ1) is 15.7. The number of carbonyl (C=O) groups excluding carboxylic acids is 1. The Bertz CT molecular complexity index is 1320. The van der Waals surface area contributed by atoms with E-state index in [1.54, 1.807) is 54.6 Å². The molecule has 1 aliphatic rings. The number of fused-ring (bicyclic) bond motifs is 1. The number of rotatable bonds is 8. The first-order valence-electron chi connectivity index (χ1n) is 10.7. The van der Waals surface area contributed by atoms with E-state index in [1.165, 1.54) is 24.3 Å². The summed E-state index contributed by atoms with van der Waals surface area (Å²) >= 11 is 0. The molecule has 172 valence electrons. The molecule has 1 aliphatic carbocycles. The van der Waals surface area contributed by atoms with Crippen molar-refractivity contribution in [2.24, 2.45) is 0 Å². The van der Waals surface area contributed by atoms with E-state index in [4.69, 9.17) is 0 Å². The Balaban J connectivity index is 1.72. The first kappa shape index (κ1) is 23.0. The molecule has 0 amide bonds.